The molecule has 2 heterocycles. The Labute approximate surface area is 199 Å². The molecule has 10 heteroatoms. The van der Waals surface area contributed by atoms with Gasteiger partial charge in [-0.2, -0.15) is 5.10 Å². The van der Waals surface area contributed by atoms with E-state index < -0.39 is 27.0 Å². The molecule has 2 amide bonds. The number of sulfone groups is 1. The SMILES string of the molecule is CCOc1ccc2c(c1)CC[C@]21Cc2nn(CCC3CC3)c(NC(=O)CS(C)(=O)=O)c2C(=O)N1. The van der Waals surface area contributed by atoms with Crippen LogP contribution in [0.1, 0.15) is 59.8 Å². The molecule has 1 saturated carbocycles. The fourth-order valence-electron chi connectivity index (χ4n) is 5.19. The third kappa shape index (κ3) is 4.43. The number of hydrogen-bond donors (Lipinski definition) is 2. The zero-order valence-electron chi connectivity index (χ0n) is 19.5. The summed E-state index contributed by atoms with van der Waals surface area (Å²) in [6, 6.07) is 6.00. The van der Waals surface area contributed by atoms with Gasteiger partial charge in [0.25, 0.3) is 5.91 Å². The number of hydrogen-bond acceptors (Lipinski definition) is 6. The maximum Gasteiger partial charge on any atom is 0.257 e. The van der Waals surface area contributed by atoms with Crippen molar-refractivity contribution < 1.29 is 22.7 Å². The Balaban J connectivity index is 1.48. The standard InChI is InChI=1S/C24H30N4O5S/c1-3-33-17-6-7-18-16(12-17)8-10-24(18)13-19-21(23(30)26-24)22(25-20(29)14-34(2,31)32)28(27-19)11-9-15-4-5-15/h6-7,12,15H,3-5,8-11,13-14H2,1-2H3,(H,25,29)(H,26,30)/t24-/m0/s1. The van der Waals surface area contributed by atoms with Gasteiger partial charge in [-0.05, 0) is 55.4 Å². The normalized spacial score (nSPS) is 21.2. The van der Waals surface area contributed by atoms with Crippen LogP contribution in [0.2, 0.25) is 0 Å². The van der Waals surface area contributed by atoms with Gasteiger partial charge in [-0.25, -0.2) is 13.1 Å². The molecule has 0 unspecified atom stereocenters. The molecule has 0 radical (unpaired) electrons. The number of aromatic nitrogens is 2. The third-order valence-electron chi connectivity index (χ3n) is 6.90. The molecule has 1 atom stereocenters. The van der Waals surface area contributed by atoms with Gasteiger partial charge < -0.3 is 15.4 Å². The van der Waals surface area contributed by atoms with Crippen LogP contribution in [0.15, 0.2) is 18.2 Å². The maximum absolute atomic E-state index is 13.4. The van der Waals surface area contributed by atoms with Crippen molar-refractivity contribution in [1.82, 2.24) is 15.1 Å². The summed E-state index contributed by atoms with van der Waals surface area (Å²) in [7, 11) is -3.50. The molecule has 1 aromatic heterocycles. The summed E-state index contributed by atoms with van der Waals surface area (Å²) in [6.07, 6.45) is 6.38. The second kappa shape index (κ2) is 8.41. The Morgan fingerprint density at radius 2 is 2.15 bits per heavy atom. The van der Waals surface area contributed by atoms with Gasteiger partial charge in [0.1, 0.15) is 22.9 Å². The number of carbonyl (C=O) groups is 2. The number of fused-ring (bicyclic) bond motifs is 3. The van der Waals surface area contributed by atoms with E-state index in [4.69, 9.17) is 9.84 Å². The molecule has 1 aliphatic heterocycles. The van der Waals surface area contributed by atoms with Crippen molar-refractivity contribution in [3.63, 3.8) is 0 Å². The molecule has 2 aliphatic carbocycles. The van der Waals surface area contributed by atoms with Crippen molar-refractivity contribution in [2.45, 2.75) is 57.5 Å². The van der Waals surface area contributed by atoms with Crippen molar-refractivity contribution >= 4 is 27.5 Å². The van der Waals surface area contributed by atoms with Gasteiger partial charge >= 0.3 is 0 Å². The minimum absolute atomic E-state index is 0.293. The van der Waals surface area contributed by atoms with Crippen molar-refractivity contribution in [2.24, 2.45) is 5.92 Å². The minimum atomic E-state index is -3.50. The Hall–Kier alpha value is -2.88. The second-order valence-electron chi connectivity index (χ2n) is 9.71. The first-order chi connectivity index (χ1) is 16.2. The summed E-state index contributed by atoms with van der Waals surface area (Å²) < 4.78 is 30.5. The average Bonchev–Trinajstić information content (AvgIpc) is 3.44. The van der Waals surface area contributed by atoms with E-state index in [1.807, 2.05) is 25.1 Å². The molecule has 1 spiro atoms. The van der Waals surface area contributed by atoms with E-state index in [1.54, 1.807) is 4.68 Å². The number of rotatable bonds is 8. The van der Waals surface area contributed by atoms with Crippen LogP contribution in [0.4, 0.5) is 5.82 Å². The topological polar surface area (TPSA) is 119 Å². The molecule has 34 heavy (non-hydrogen) atoms. The number of ether oxygens (including phenoxy) is 1. The summed E-state index contributed by atoms with van der Waals surface area (Å²) in [5, 5.41) is 10.6. The van der Waals surface area contributed by atoms with Crippen LogP contribution in [0.3, 0.4) is 0 Å². The lowest BCUT2D eigenvalue weighted by Crippen LogP contribution is -2.49. The third-order valence-corrected chi connectivity index (χ3v) is 7.68. The average molecular weight is 487 g/mol. The van der Waals surface area contributed by atoms with Crippen molar-refractivity contribution in [3.8, 4) is 5.75 Å². The number of nitrogens with zero attached hydrogens (tertiary/aromatic N) is 2. The van der Waals surface area contributed by atoms with Gasteiger partial charge in [0.2, 0.25) is 5.91 Å². The van der Waals surface area contributed by atoms with Crippen LogP contribution in [-0.4, -0.2) is 48.6 Å². The summed E-state index contributed by atoms with van der Waals surface area (Å²) in [4.78, 5) is 25.9. The molecule has 0 bridgehead atoms. The fourth-order valence-corrected chi connectivity index (χ4v) is 5.73. The number of anilines is 1. The first kappa shape index (κ1) is 22.9. The lowest BCUT2D eigenvalue weighted by molar-refractivity contribution is -0.113. The van der Waals surface area contributed by atoms with Crippen molar-refractivity contribution in [3.05, 3.63) is 40.6 Å². The number of nitrogens with one attached hydrogen (secondary N) is 2. The smallest absolute Gasteiger partial charge is 0.257 e. The number of aryl methyl sites for hydroxylation is 2. The Kier molecular flexibility index (Phi) is 5.66. The van der Waals surface area contributed by atoms with Gasteiger partial charge in [-0.3, -0.25) is 9.59 Å². The number of amides is 2. The lowest BCUT2D eigenvalue weighted by atomic mass is 9.82. The van der Waals surface area contributed by atoms with Gasteiger partial charge in [0.05, 0.1) is 17.8 Å². The Bertz CT molecular complexity index is 1260. The van der Waals surface area contributed by atoms with Gasteiger partial charge in [0.15, 0.2) is 9.84 Å². The van der Waals surface area contributed by atoms with E-state index in [-0.39, 0.29) is 5.91 Å². The van der Waals surface area contributed by atoms with E-state index in [1.165, 1.54) is 12.8 Å². The molecule has 2 N–H and O–H groups in total. The van der Waals surface area contributed by atoms with Crippen LogP contribution in [-0.2, 0) is 39.6 Å². The predicted octanol–water partition coefficient (Wildman–Crippen LogP) is 2.19. The van der Waals surface area contributed by atoms with Gasteiger partial charge in [-0.1, -0.05) is 18.9 Å². The van der Waals surface area contributed by atoms with Gasteiger partial charge in [-0.15, -0.1) is 0 Å². The van der Waals surface area contributed by atoms with Crippen LogP contribution in [0.5, 0.6) is 5.75 Å². The quantitative estimate of drug-likeness (QED) is 0.590. The predicted molar refractivity (Wildman–Crippen MR) is 127 cm³/mol. The van der Waals surface area contributed by atoms with Crippen LogP contribution >= 0.6 is 0 Å². The highest BCUT2D eigenvalue weighted by molar-refractivity contribution is 7.91. The molecule has 3 aliphatic rings. The molecule has 5 rings (SSSR count). The fraction of sp³-hybridized carbons (Fsp3) is 0.542. The van der Waals surface area contributed by atoms with E-state index in [2.05, 4.69) is 10.6 Å². The highest BCUT2D eigenvalue weighted by Gasteiger charge is 2.46. The van der Waals surface area contributed by atoms with Crippen LogP contribution in [0.25, 0.3) is 0 Å². The largest absolute Gasteiger partial charge is 0.494 e. The monoisotopic (exact) mass is 486 g/mol. The first-order valence-corrected chi connectivity index (χ1v) is 13.9. The second-order valence-corrected chi connectivity index (χ2v) is 11.8. The maximum atomic E-state index is 13.4. The summed E-state index contributed by atoms with van der Waals surface area (Å²) in [5.74, 6) is 0.150. The minimum Gasteiger partial charge on any atom is -0.494 e. The molecular formula is C24H30N4O5S. The lowest BCUT2D eigenvalue weighted by Gasteiger charge is -2.35. The van der Waals surface area contributed by atoms with Crippen molar-refractivity contribution in [2.75, 3.05) is 23.9 Å². The summed E-state index contributed by atoms with van der Waals surface area (Å²) >= 11 is 0. The van der Waals surface area contributed by atoms with E-state index in [0.717, 1.165) is 42.4 Å². The highest BCUT2D eigenvalue weighted by Crippen LogP contribution is 2.44. The zero-order valence-corrected chi connectivity index (χ0v) is 20.3. The zero-order chi connectivity index (χ0) is 24.1. The van der Waals surface area contributed by atoms with Crippen molar-refractivity contribution in [1.29, 1.82) is 0 Å². The highest BCUT2D eigenvalue weighted by atomic mass is 32.2. The number of carbonyl (C=O) groups excluding carboxylic acids is 2. The molecule has 182 valence electrons. The van der Waals surface area contributed by atoms with Crippen LogP contribution in [0, 0.1) is 5.92 Å². The molecule has 2 aromatic rings. The molecule has 9 nitrogen and oxygen atoms in total. The molecule has 1 aromatic carbocycles. The molecular weight excluding hydrogens is 456 g/mol. The van der Waals surface area contributed by atoms with Gasteiger partial charge in [0, 0.05) is 19.2 Å². The Morgan fingerprint density at radius 3 is 2.85 bits per heavy atom. The van der Waals surface area contributed by atoms with E-state index in [9.17, 15) is 18.0 Å². The molecule has 1 fully saturated rings. The summed E-state index contributed by atoms with van der Waals surface area (Å²) in [6.45, 7) is 3.11. The van der Waals surface area contributed by atoms with E-state index in [0.29, 0.717) is 42.6 Å². The Morgan fingerprint density at radius 1 is 1.35 bits per heavy atom. The van der Waals surface area contributed by atoms with Crippen LogP contribution < -0.4 is 15.4 Å². The van der Waals surface area contributed by atoms with E-state index >= 15 is 0 Å². The summed E-state index contributed by atoms with van der Waals surface area (Å²) in [5.41, 5.74) is 2.65. The number of benzene rings is 1. The molecule has 0 saturated heterocycles. The first-order valence-electron chi connectivity index (χ1n) is 11.8.